The maximum absolute atomic E-state index is 12.5. The molecule has 20 heavy (non-hydrogen) atoms. The molecule has 4 atom stereocenters. The quantitative estimate of drug-likeness (QED) is 0.820. The predicted molar refractivity (Wildman–Crippen MR) is 80.4 cm³/mol. The Labute approximate surface area is 122 Å². The largest absolute Gasteiger partial charge is 0.341 e. The van der Waals surface area contributed by atoms with Gasteiger partial charge in [0.05, 0.1) is 6.54 Å². The lowest BCUT2D eigenvalue weighted by Crippen LogP contribution is -2.49. The summed E-state index contributed by atoms with van der Waals surface area (Å²) >= 11 is 0. The van der Waals surface area contributed by atoms with Crippen LogP contribution >= 0.6 is 0 Å². The van der Waals surface area contributed by atoms with E-state index in [9.17, 15) is 4.79 Å². The number of nitrogens with one attached hydrogen (secondary N) is 1. The Kier molecular flexibility index (Phi) is 4.32. The van der Waals surface area contributed by atoms with Gasteiger partial charge in [0.25, 0.3) is 0 Å². The number of hydrogen-bond donors (Lipinski definition) is 1. The normalized spacial score (nSPS) is 38.8. The van der Waals surface area contributed by atoms with E-state index < -0.39 is 0 Å². The second-order valence-electron chi connectivity index (χ2n) is 7.45. The van der Waals surface area contributed by atoms with Gasteiger partial charge in [-0.15, -0.1) is 0 Å². The Morgan fingerprint density at radius 3 is 2.55 bits per heavy atom. The van der Waals surface area contributed by atoms with Crippen LogP contribution in [0.5, 0.6) is 0 Å². The summed E-state index contributed by atoms with van der Waals surface area (Å²) in [4.78, 5) is 17.0. The first-order chi connectivity index (χ1) is 9.61. The molecule has 0 spiro atoms. The SMILES string of the molecule is CC1CC(C)CN(C(=O)CN2CCC3CNCC3C2)C1. The highest BCUT2D eigenvalue weighted by Gasteiger charge is 2.34. The standard InChI is InChI=1S/C16H29N3O/c1-12-5-13(2)9-19(8-12)16(20)11-18-4-3-14-6-17-7-15(14)10-18/h12-15,17H,3-11H2,1-2H3. The third-order valence-electron chi connectivity index (χ3n) is 5.37. The van der Waals surface area contributed by atoms with E-state index in [1.54, 1.807) is 0 Å². The third-order valence-corrected chi connectivity index (χ3v) is 5.37. The number of fused-ring (bicyclic) bond motifs is 1. The smallest absolute Gasteiger partial charge is 0.236 e. The number of likely N-dealkylation sites (tertiary alicyclic amines) is 2. The molecular weight excluding hydrogens is 250 g/mol. The number of nitrogens with zero attached hydrogens (tertiary/aromatic N) is 2. The Hall–Kier alpha value is -0.610. The highest BCUT2D eigenvalue weighted by Crippen LogP contribution is 2.27. The molecule has 0 bridgehead atoms. The minimum absolute atomic E-state index is 0.354. The van der Waals surface area contributed by atoms with E-state index in [2.05, 4.69) is 29.0 Å². The highest BCUT2D eigenvalue weighted by atomic mass is 16.2. The van der Waals surface area contributed by atoms with Crippen molar-refractivity contribution in [3.05, 3.63) is 0 Å². The number of piperidine rings is 2. The first kappa shape index (κ1) is 14.3. The summed E-state index contributed by atoms with van der Waals surface area (Å²) in [7, 11) is 0. The summed E-state index contributed by atoms with van der Waals surface area (Å²) in [6.45, 7) is 11.7. The van der Waals surface area contributed by atoms with Gasteiger partial charge < -0.3 is 10.2 Å². The van der Waals surface area contributed by atoms with Crippen LogP contribution in [0.1, 0.15) is 26.7 Å². The number of rotatable bonds is 2. The van der Waals surface area contributed by atoms with Crippen LogP contribution in [-0.2, 0) is 4.79 Å². The summed E-state index contributed by atoms with van der Waals surface area (Å²) in [6.07, 6.45) is 2.53. The molecule has 114 valence electrons. The molecule has 3 saturated heterocycles. The monoisotopic (exact) mass is 279 g/mol. The van der Waals surface area contributed by atoms with Gasteiger partial charge >= 0.3 is 0 Å². The van der Waals surface area contributed by atoms with Crippen molar-refractivity contribution in [1.82, 2.24) is 15.1 Å². The summed E-state index contributed by atoms with van der Waals surface area (Å²) in [6, 6.07) is 0. The molecule has 4 heteroatoms. The zero-order chi connectivity index (χ0) is 14.1. The average molecular weight is 279 g/mol. The first-order valence-corrected chi connectivity index (χ1v) is 8.32. The van der Waals surface area contributed by atoms with Crippen molar-refractivity contribution in [2.24, 2.45) is 23.7 Å². The topological polar surface area (TPSA) is 35.6 Å². The summed E-state index contributed by atoms with van der Waals surface area (Å²) in [5.74, 6) is 3.31. The molecule has 0 aromatic rings. The third kappa shape index (κ3) is 3.17. The Bertz CT molecular complexity index is 350. The Balaban J connectivity index is 1.51. The molecule has 0 aromatic carbocycles. The van der Waals surface area contributed by atoms with Gasteiger partial charge in [0, 0.05) is 19.6 Å². The van der Waals surface area contributed by atoms with E-state index in [1.165, 1.54) is 19.4 Å². The van der Waals surface area contributed by atoms with E-state index >= 15 is 0 Å². The molecule has 3 fully saturated rings. The highest BCUT2D eigenvalue weighted by molar-refractivity contribution is 5.78. The zero-order valence-electron chi connectivity index (χ0n) is 13.0. The molecule has 3 rings (SSSR count). The Morgan fingerprint density at radius 1 is 1.10 bits per heavy atom. The number of hydrogen-bond acceptors (Lipinski definition) is 3. The van der Waals surface area contributed by atoms with Crippen molar-refractivity contribution in [3.8, 4) is 0 Å². The van der Waals surface area contributed by atoms with Crippen molar-refractivity contribution in [1.29, 1.82) is 0 Å². The fourth-order valence-corrected chi connectivity index (χ4v) is 4.41. The molecule has 3 heterocycles. The van der Waals surface area contributed by atoms with Gasteiger partial charge in [0.2, 0.25) is 5.91 Å². The molecule has 0 aliphatic carbocycles. The van der Waals surface area contributed by atoms with Gasteiger partial charge in [-0.3, -0.25) is 9.69 Å². The molecule has 1 N–H and O–H groups in total. The summed E-state index contributed by atoms with van der Waals surface area (Å²) in [5.41, 5.74) is 0. The predicted octanol–water partition coefficient (Wildman–Crippen LogP) is 1.03. The van der Waals surface area contributed by atoms with Crippen LogP contribution in [0.2, 0.25) is 0 Å². The summed E-state index contributed by atoms with van der Waals surface area (Å²) < 4.78 is 0. The van der Waals surface area contributed by atoms with Crippen LogP contribution in [0.3, 0.4) is 0 Å². The maximum Gasteiger partial charge on any atom is 0.236 e. The van der Waals surface area contributed by atoms with E-state index in [0.29, 0.717) is 24.3 Å². The molecule has 3 aliphatic rings. The van der Waals surface area contributed by atoms with E-state index in [1.807, 2.05) is 0 Å². The lowest BCUT2D eigenvalue weighted by Gasteiger charge is -2.38. The van der Waals surface area contributed by atoms with Crippen molar-refractivity contribution >= 4 is 5.91 Å². The molecule has 4 unspecified atom stereocenters. The fraction of sp³-hybridized carbons (Fsp3) is 0.938. The number of amides is 1. The van der Waals surface area contributed by atoms with Crippen molar-refractivity contribution in [2.75, 3.05) is 45.8 Å². The van der Waals surface area contributed by atoms with E-state index in [0.717, 1.165) is 44.6 Å². The van der Waals surface area contributed by atoms with Gasteiger partial charge in [0.1, 0.15) is 0 Å². The van der Waals surface area contributed by atoms with Crippen LogP contribution in [0.4, 0.5) is 0 Å². The minimum atomic E-state index is 0.354. The minimum Gasteiger partial charge on any atom is -0.341 e. The Morgan fingerprint density at radius 2 is 1.80 bits per heavy atom. The van der Waals surface area contributed by atoms with Gasteiger partial charge in [-0.25, -0.2) is 0 Å². The average Bonchev–Trinajstić information content (AvgIpc) is 2.85. The zero-order valence-corrected chi connectivity index (χ0v) is 13.0. The van der Waals surface area contributed by atoms with Crippen LogP contribution in [-0.4, -0.2) is 61.5 Å². The van der Waals surface area contributed by atoms with Gasteiger partial charge in [-0.05, 0) is 56.1 Å². The molecule has 3 aliphatic heterocycles. The molecule has 4 nitrogen and oxygen atoms in total. The van der Waals surface area contributed by atoms with Crippen molar-refractivity contribution in [2.45, 2.75) is 26.7 Å². The maximum atomic E-state index is 12.5. The molecule has 0 aromatic heterocycles. The molecule has 1 amide bonds. The van der Waals surface area contributed by atoms with Gasteiger partial charge in [-0.2, -0.15) is 0 Å². The van der Waals surface area contributed by atoms with Crippen LogP contribution in [0.25, 0.3) is 0 Å². The number of carbonyl (C=O) groups is 1. The van der Waals surface area contributed by atoms with Gasteiger partial charge in [-0.1, -0.05) is 13.8 Å². The first-order valence-electron chi connectivity index (χ1n) is 8.32. The second-order valence-corrected chi connectivity index (χ2v) is 7.45. The van der Waals surface area contributed by atoms with Crippen LogP contribution in [0, 0.1) is 23.7 Å². The lowest BCUT2D eigenvalue weighted by molar-refractivity contribution is -0.135. The van der Waals surface area contributed by atoms with E-state index in [4.69, 9.17) is 0 Å². The fourth-order valence-electron chi connectivity index (χ4n) is 4.41. The molecular formula is C16H29N3O. The van der Waals surface area contributed by atoms with E-state index in [-0.39, 0.29) is 0 Å². The van der Waals surface area contributed by atoms with Crippen LogP contribution in [0.15, 0.2) is 0 Å². The van der Waals surface area contributed by atoms with Crippen molar-refractivity contribution < 1.29 is 4.79 Å². The lowest BCUT2D eigenvalue weighted by atomic mass is 9.88. The molecule has 0 radical (unpaired) electrons. The molecule has 0 saturated carbocycles. The van der Waals surface area contributed by atoms with Crippen LogP contribution < -0.4 is 5.32 Å². The second kappa shape index (κ2) is 6.02. The van der Waals surface area contributed by atoms with Gasteiger partial charge in [0.15, 0.2) is 0 Å². The van der Waals surface area contributed by atoms with Crippen molar-refractivity contribution in [3.63, 3.8) is 0 Å². The number of carbonyl (C=O) groups excluding carboxylic acids is 1. The summed E-state index contributed by atoms with van der Waals surface area (Å²) in [5, 5.41) is 3.49.